The zero-order chi connectivity index (χ0) is 13.4. The molecule has 0 aromatic heterocycles. The van der Waals surface area contributed by atoms with Crippen molar-refractivity contribution in [3.63, 3.8) is 0 Å². The van der Waals surface area contributed by atoms with E-state index in [1.165, 1.54) is 18.5 Å². The first-order chi connectivity index (χ1) is 9.24. The summed E-state index contributed by atoms with van der Waals surface area (Å²) in [5.74, 6) is 3.14. The highest BCUT2D eigenvalue weighted by molar-refractivity contribution is 5.69. The second-order valence-corrected chi connectivity index (χ2v) is 5.56. The molecule has 0 spiro atoms. The van der Waals surface area contributed by atoms with Crippen molar-refractivity contribution < 1.29 is 9.47 Å². The largest absolute Gasteiger partial charge is 0.496 e. The Morgan fingerprint density at radius 2 is 1.95 bits per heavy atom. The van der Waals surface area contributed by atoms with E-state index in [0.717, 1.165) is 30.3 Å². The van der Waals surface area contributed by atoms with E-state index in [2.05, 4.69) is 17.3 Å². The van der Waals surface area contributed by atoms with Crippen LogP contribution in [0.5, 0.6) is 11.5 Å². The van der Waals surface area contributed by atoms with E-state index in [1.54, 1.807) is 14.2 Å². The molecule has 1 N–H and O–H groups in total. The van der Waals surface area contributed by atoms with Gasteiger partial charge in [-0.3, -0.25) is 0 Å². The quantitative estimate of drug-likeness (QED) is 0.885. The summed E-state index contributed by atoms with van der Waals surface area (Å²) >= 11 is 0. The molecule has 0 radical (unpaired) electrons. The molecule has 1 saturated heterocycles. The van der Waals surface area contributed by atoms with Crippen molar-refractivity contribution in [1.29, 1.82) is 0 Å². The standard InChI is InChI=1S/C15H22N2O2/c1-17-7-6-10-8-16-15-13(19-3)5-4-12(18-2)14(15)11(10)9-17/h4-5,10-11,16H,6-9H2,1-3H3. The average molecular weight is 262 g/mol. The van der Waals surface area contributed by atoms with Crippen LogP contribution >= 0.6 is 0 Å². The summed E-state index contributed by atoms with van der Waals surface area (Å²) in [7, 11) is 5.67. The topological polar surface area (TPSA) is 33.7 Å². The highest BCUT2D eigenvalue weighted by atomic mass is 16.5. The number of methoxy groups -OCH3 is 2. The Labute approximate surface area is 114 Å². The molecule has 2 aliphatic heterocycles. The minimum Gasteiger partial charge on any atom is -0.496 e. The Balaban J connectivity index is 2.08. The number of likely N-dealkylation sites (tertiary alicyclic amines) is 1. The van der Waals surface area contributed by atoms with E-state index in [9.17, 15) is 0 Å². The maximum Gasteiger partial charge on any atom is 0.142 e. The van der Waals surface area contributed by atoms with E-state index in [0.29, 0.717) is 11.8 Å². The summed E-state index contributed by atoms with van der Waals surface area (Å²) in [5.41, 5.74) is 2.42. The Kier molecular flexibility index (Phi) is 3.27. The first-order valence-electron chi connectivity index (χ1n) is 6.92. The molecular formula is C15H22N2O2. The maximum atomic E-state index is 5.58. The molecule has 1 fully saturated rings. The summed E-state index contributed by atoms with van der Waals surface area (Å²) in [4.78, 5) is 2.41. The van der Waals surface area contributed by atoms with Crippen LogP contribution in [-0.4, -0.2) is 45.8 Å². The van der Waals surface area contributed by atoms with Gasteiger partial charge in [-0.25, -0.2) is 0 Å². The van der Waals surface area contributed by atoms with Crippen molar-refractivity contribution in [2.45, 2.75) is 12.3 Å². The second-order valence-electron chi connectivity index (χ2n) is 5.56. The summed E-state index contributed by atoms with van der Waals surface area (Å²) in [5, 5.41) is 3.55. The Bertz CT molecular complexity index is 475. The lowest BCUT2D eigenvalue weighted by Gasteiger charge is -2.42. The van der Waals surface area contributed by atoms with Crippen LogP contribution in [0.15, 0.2) is 12.1 Å². The number of likely N-dealkylation sites (N-methyl/N-ethyl adjacent to an activating group) is 1. The molecule has 0 bridgehead atoms. The lowest BCUT2D eigenvalue weighted by molar-refractivity contribution is 0.189. The molecule has 0 amide bonds. The predicted molar refractivity (Wildman–Crippen MR) is 76.4 cm³/mol. The van der Waals surface area contributed by atoms with Crippen LogP contribution in [0.4, 0.5) is 5.69 Å². The number of anilines is 1. The van der Waals surface area contributed by atoms with Crippen LogP contribution in [0, 0.1) is 5.92 Å². The Morgan fingerprint density at radius 1 is 1.21 bits per heavy atom. The van der Waals surface area contributed by atoms with Crippen molar-refractivity contribution in [2.24, 2.45) is 5.92 Å². The smallest absolute Gasteiger partial charge is 0.142 e. The molecule has 1 aromatic rings. The molecule has 19 heavy (non-hydrogen) atoms. The first kappa shape index (κ1) is 12.6. The van der Waals surface area contributed by atoms with Gasteiger partial charge in [0.15, 0.2) is 0 Å². The number of fused-ring (bicyclic) bond motifs is 3. The van der Waals surface area contributed by atoms with Gasteiger partial charge in [-0.15, -0.1) is 0 Å². The van der Waals surface area contributed by atoms with Gasteiger partial charge in [0, 0.05) is 24.6 Å². The number of nitrogens with one attached hydrogen (secondary N) is 1. The molecule has 4 nitrogen and oxygen atoms in total. The van der Waals surface area contributed by atoms with Crippen LogP contribution in [0.2, 0.25) is 0 Å². The molecule has 104 valence electrons. The van der Waals surface area contributed by atoms with Gasteiger partial charge < -0.3 is 19.7 Å². The lowest BCUT2D eigenvalue weighted by atomic mass is 9.77. The Hall–Kier alpha value is -1.42. The monoisotopic (exact) mass is 262 g/mol. The first-order valence-corrected chi connectivity index (χ1v) is 6.92. The van der Waals surface area contributed by atoms with Crippen molar-refractivity contribution in [2.75, 3.05) is 46.2 Å². The summed E-state index contributed by atoms with van der Waals surface area (Å²) in [6, 6.07) is 4.01. The van der Waals surface area contributed by atoms with E-state index in [4.69, 9.17) is 9.47 Å². The van der Waals surface area contributed by atoms with Gasteiger partial charge in [0.05, 0.1) is 19.9 Å². The molecule has 2 aliphatic rings. The lowest BCUT2D eigenvalue weighted by Crippen LogP contribution is -2.42. The number of hydrogen-bond acceptors (Lipinski definition) is 4. The summed E-state index contributed by atoms with van der Waals surface area (Å²) in [6.07, 6.45) is 1.24. The third-order valence-electron chi connectivity index (χ3n) is 4.48. The van der Waals surface area contributed by atoms with Crippen molar-refractivity contribution in [1.82, 2.24) is 4.90 Å². The maximum absolute atomic E-state index is 5.58. The van der Waals surface area contributed by atoms with Gasteiger partial charge in [-0.2, -0.15) is 0 Å². The van der Waals surface area contributed by atoms with E-state index >= 15 is 0 Å². The van der Waals surface area contributed by atoms with E-state index in [1.807, 2.05) is 12.1 Å². The summed E-state index contributed by atoms with van der Waals surface area (Å²) in [6.45, 7) is 3.32. The SMILES string of the molecule is COc1ccc(OC)c2c1NCC1CCN(C)CC21. The highest BCUT2D eigenvalue weighted by Crippen LogP contribution is 2.47. The minimum atomic E-state index is 0.542. The number of piperidine rings is 1. The van der Waals surface area contributed by atoms with E-state index < -0.39 is 0 Å². The molecule has 1 aromatic carbocycles. The van der Waals surface area contributed by atoms with Crippen LogP contribution in [0.1, 0.15) is 17.9 Å². The minimum absolute atomic E-state index is 0.542. The molecule has 0 saturated carbocycles. The fourth-order valence-electron chi connectivity index (χ4n) is 3.45. The van der Waals surface area contributed by atoms with Crippen LogP contribution in [0.3, 0.4) is 0 Å². The fourth-order valence-corrected chi connectivity index (χ4v) is 3.45. The molecule has 2 unspecified atom stereocenters. The van der Waals surface area contributed by atoms with Gasteiger partial charge in [-0.1, -0.05) is 0 Å². The third-order valence-corrected chi connectivity index (χ3v) is 4.48. The molecule has 2 heterocycles. The van der Waals surface area contributed by atoms with Gasteiger partial charge in [-0.05, 0) is 38.1 Å². The molecule has 0 aliphatic carbocycles. The van der Waals surface area contributed by atoms with Gasteiger partial charge >= 0.3 is 0 Å². The third kappa shape index (κ3) is 2.04. The van der Waals surface area contributed by atoms with Gasteiger partial charge in [0.2, 0.25) is 0 Å². The van der Waals surface area contributed by atoms with Gasteiger partial charge in [0.25, 0.3) is 0 Å². The zero-order valence-electron chi connectivity index (χ0n) is 11.9. The fraction of sp³-hybridized carbons (Fsp3) is 0.600. The van der Waals surface area contributed by atoms with E-state index in [-0.39, 0.29) is 0 Å². The number of ether oxygens (including phenoxy) is 2. The molecular weight excluding hydrogens is 240 g/mol. The summed E-state index contributed by atoms with van der Waals surface area (Å²) < 4.78 is 11.1. The van der Waals surface area contributed by atoms with Crippen LogP contribution < -0.4 is 14.8 Å². The number of benzene rings is 1. The van der Waals surface area contributed by atoms with Gasteiger partial charge in [0.1, 0.15) is 11.5 Å². The number of rotatable bonds is 2. The van der Waals surface area contributed by atoms with Crippen molar-refractivity contribution in [3.8, 4) is 11.5 Å². The van der Waals surface area contributed by atoms with Crippen molar-refractivity contribution >= 4 is 5.69 Å². The normalized spacial score (nSPS) is 26.1. The van der Waals surface area contributed by atoms with Crippen LogP contribution in [-0.2, 0) is 0 Å². The zero-order valence-corrected chi connectivity index (χ0v) is 11.9. The second kappa shape index (κ2) is 4.93. The molecule has 4 heteroatoms. The predicted octanol–water partition coefficient (Wildman–Crippen LogP) is 2.16. The van der Waals surface area contributed by atoms with Crippen LogP contribution in [0.25, 0.3) is 0 Å². The molecule has 2 atom stereocenters. The number of hydrogen-bond donors (Lipinski definition) is 1. The Morgan fingerprint density at radius 3 is 2.68 bits per heavy atom. The number of nitrogens with zero attached hydrogens (tertiary/aromatic N) is 1. The average Bonchev–Trinajstić information content (AvgIpc) is 2.45. The molecule has 3 rings (SSSR count). The highest BCUT2D eigenvalue weighted by Gasteiger charge is 2.36. The van der Waals surface area contributed by atoms with Crippen molar-refractivity contribution in [3.05, 3.63) is 17.7 Å².